The highest BCUT2D eigenvalue weighted by atomic mass is 16.5. The molecule has 0 N–H and O–H groups in total. The summed E-state index contributed by atoms with van der Waals surface area (Å²) in [6.45, 7) is 4.52. The van der Waals surface area contributed by atoms with Gasteiger partial charge in [-0.2, -0.15) is 5.26 Å². The molecule has 0 unspecified atom stereocenters. The summed E-state index contributed by atoms with van der Waals surface area (Å²) in [6.07, 6.45) is 1.70. The fourth-order valence-corrected chi connectivity index (χ4v) is 1.95. The van der Waals surface area contributed by atoms with Gasteiger partial charge in [0.15, 0.2) is 0 Å². The Morgan fingerprint density at radius 3 is 2.67 bits per heavy atom. The van der Waals surface area contributed by atoms with Crippen LogP contribution in [0.3, 0.4) is 0 Å². The number of rotatable bonds is 3. The topological polar surface area (TPSA) is 53.3 Å². The van der Waals surface area contributed by atoms with Crippen LogP contribution in [-0.4, -0.2) is 37.6 Å². The molecule has 4 nitrogen and oxygen atoms in total. The molecule has 0 amide bonds. The van der Waals surface area contributed by atoms with Gasteiger partial charge in [0.05, 0.1) is 25.0 Å². The molecule has 1 fully saturated rings. The molecule has 0 aromatic rings. The summed E-state index contributed by atoms with van der Waals surface area (Å²) >= 11 is 0. The van der Waals surface area contributed by atoms with Crippen molar-refractivity contribution in [1.82, 2.24) is 4.90 Å². The average molecular weight is 210 g/mol. The first kappa shape index (κ1) is 12.0. The van der Waals surface area contributed by atoms with Gasteiger partial charge in [-0.05, 0) is 32.9 Å². The second-order valence-electron chi connectivity index (χ2n) is 4.13. The van der Waals surface area contributed by atoms with E-state index in [1.54, 1.807) is 0 Å². The molecule has 0 saturated carbocycles. The van der Waals surface area contributed by atoms with Crippen molar-refractivity contribution in [1.29, 1.82) is 5.26 Å². The van der Waals surface area contributed by atoms with E-state index in [9.17, 15) is 4.79 Å². The average Bonchev–Trinajstić information content (AvgIpc) is 2.29. The van der Waals surface area contributed by atoms with E-state index in [4.69, 9.17) is 10.00 Å². The van der Waals surface area contributed by atoms with E-state index in [1.807, 2.05) is 6.92 Å². The molecular weight excluding hydrogens is 192 g/mol. The van der Waals surface area contributed by atoms with Gasteiger partial charge in [0.2, 0.25) is 0 Å². The van der Waals surface area contributed by atoms with Crippen LogP contribution in [0, 0.1) is 23.2 Å². The summed E-state index contributed by atoms with van der Waals surface area (Å²) in [5.41, 5.74) is 0. The van der Waals surface area contributed by atoms with Crippen LogP contribution in [0.4, 0.5) is 0 Å². The van der Waals surface area contributed by atoms with Gasteiger partial charge >= 0.3 is 5.97 Å². The molecule has 1 atom stereocenters. The maximum Gasteiger partial charge on any atom is 0.308 e. The highest BCUT2D eigenvalue weighted by Gasteiger charge is 2.25. The van der Waals surface area contributed by atoms with Gasteiger partial charge in [-0.3, -0.25) is 4.79 Å². The molecule has 0 aliphatic carbocycles. The zero-order chi connectivity index (χ0) is 11.3. The SMILES string of the molecule is COC(=O)C1CCN(C[C@@H](C)C#N)CC1. The normalized spacial score (nSPS) is 20.6. The van der Waals surface area contributed by atoms with Crippen molar-refractivity contribution in [2.75, 3.05) is 26.7 Å². The zero-order valence-electron chi connectivity index (χ0n) is 9.40. The first-order valence-corrected chi connectivity index (χ1v) is 5.37. The third kappa shape index (κ3) is 3.52. The summed E-state index contributed by atoms with van der Waals surface area (Å²) in [7, 11) is 1.44. The Morgan fingerprint density at radius 2 is 2.20 bits per heavy atom. The number of hydrogen-bond acceptors (Lipinski definition) is 4. The third-order valence-electron chi connectivity index (χ3n) is 2.87. The van der Waals surface area contributed by atoms with Gasteiger partial charge in [0.25, 0.3) is 0 Å². The number of hydrogen-bond donors (Lipinski definition) is 0. The van der Waals surface area contributed by atoms with Crippen LogP contribution in [0.15, 0.2) is 0 Å². The fraction of sp³-hybridized carbons (Fsp3) is 0.818. The molecule has 15 heavy (non-hydrogen) atoms. The summed E-state index contributed by atoms with van der Waals surface area (Å²) in [5, 5.41) is 8.69. The quantitative estimate of drug-likeness (QED) is 0.653. The Bertz CT molecular complexity index is 252. The van der Waals surface area contributed by atoms with Crippen molar-refractivity contribution < 1.29 is 9.53 Å². The van der Waals surface area contributed by atoms with Crippen LogP contribution >= 0.6 is 0 Å². The van der Waals surface area contributed by atoms with Crippen LogP contribution < -0.4 is 0 Å². The number of ether oxygens (including phenoxy) is 1. The van der Waals surface area contributed by atoms with Gasteiger partial charge in [-0.1, -0.05) is 0 Å². The van der Waals surface area contributed by atoms with Crippen LogP contribution in [0.25, 0.3) is 0 Å². The first-order valence-electron chi connectivity index (χ1n) is 5.37. The number of esters is 1. The largest absolute Gasteiger partial charge is 0.469 e. The van der Waals surface area contributed by atoms with E-state index in [2.05, 4.69) is 11.0 Å². The minimum atomic E-state index is -0.0945. The van der Waals surface area contributed by atoms with Crippen LogP contribution in [0.2, 0.25) is 0 Å². The zero-order valence-corrected chi connectivity index (χ0v) is 9.40. The molecule has 1 saturated heterocycles. The van der Waals surface area contributed by atoms with E-state index in [0.29, 0.717) is 0 Å². The second kappa shape index (κ2) is 5.72. The van der Waals surface area contributed by atoms with Crippen molar-refractivity contribution in [3.63, 3.8) is 0 Å². The molecule has 0 aromatic carbocycles. The Kier molecular flexibility index (Phi) is 4.57. The minimum absolute atomic E-state index is 0.0589. The monoisotopic (exact) mass is 210 g/mol. The summed E-state index contributed by atoms with van der Waals surface area (Å²) in [6, 6.07) is 2.22. The van der Waals surface area contributed by atoms with Crippen molar-refractivity contribution in [3.8, 4) is 6.07 Å². The maximum atomic E-state index is 11.3. The molecule has 0 radical (unpaired) electrons. The Hall–Kier alpha value is -1.08. The lowest BCUT2D eigenvalue weighted by Crippen LogP contribution is -2.38. The Labute approximate surface area is 90.8 Å². The lowest BCUT2D eigenvalue weighted by atomic mass is 9.96. The predicted octanol–water partition coefficient (Wildman–Crippen LogP) is 1.03. The highest BCUT2D eigenvalue weighted by molar-refractivity contribution is 5.72. The number of nitrogens with zero attached hydrogens (tertiary/aromatic N) is 2. The minimum Gasteiger partial charge on any atom is -0.469 e. The van der Waals surface area contributed by atoms with Crippen molar-refractivity contribution in [2.24, 2.45) is 11.8 Å². The van der Waals surface area contributed by atoms with Crippen LogP contribution in [0.1, 0.15) is 19.8 Å². The van der Waals surface area contributed by atoms with Crippen molar-refractivity contribution in [3.05, 3.63) is 0 Å². The lowest BCUT2D eigenvalue weighted by molar-refractivity contribution is -0.147. The number of carbonyl (C=O) groups is 1. The van der Waals surface area contributed by atoms with Crippen LogP contribution in [-0.2, 0) is 9.53 Å². The molecule has 1 heterocycles. The van der Waals surface area contributed by atoms with E-state index in [-0.39, 0.29) is 17.8 Å². The molecule has 1 aliphatic heterocycles. The molecule has 0 bridgehead atoms. The van der Waals surface area contributed by atoms with Crippen LogP contribution in [0.5, 0.6) is 0 Å². The van der Waals surface area contributed by atoms with Crippen molar-refractivity contribution in [2.45, 2.75) is 19.8 Å². The second-order valence-corrected chi connectivity index (χ2v) is 4.13. The maximum absolute atomic E-state index is 11.3. The third-order valence-corrected chi connectivity index (χ3v) is 2.87. The smallest absolute Gasteiger partial charge is 0.308 e. The molecule has 0 spiro atoms. The van der Waals surface area contributed by atoms with Gasteiger partial charge in [0.1, 0.15) is 0 Å². The fourth-order valence-electron chi connectivity index (χ4n) is 1.95. The Balaban J connectivity index is 2.30. The van der Waals surface area contributed by atoms with Gasteiger partial charge in [-0.25, -0.2) is 0 Å². The summed E-state index contributed by atoms with van der Waals surface area (Å²) in [5.74, 6) is 0.0336. The van der Waals surface area contributed by atoms with E-state index in [0.717, 1.165) is 32.5 Å². The van der Waals surface area contributed by atoms with E-state index in [1.165, 1.54) is 7.11 Å². The number of likely N-dealkylation sites (tertiary alicyclic amines) is 1. The van der Waals surface area contributed by atoms with Crippen molar-refractivity contribution >= 4 is 5.97 Å². The molecule has 84 valence electrons. The van der Waals surface area contributed by atoms with Gasteiger partial charge in [0, 0.05) is 6.54 Å². The molecular formula is C11H18N2O2. The Morgan fingerprint density at radius 1 is 1.60 bits per heavy atom. The molecule has 4 heteroatoms. The predicted molar refractivity (Wildman–Crippen MR) is 56.0 cm³/mol. The number of piperidine rings is 1. The van der Waals surface area contributed by atoms with Gasteiger partial charge in [-0.15, -0.1) is 0 Å². The van der Waals surface area contributed by atoms with E-state index < -0.39 is 0 Å². The van der Waals surface area contributed by atoms with E-state index >= 15 is 0 Å². The number of nitriles is 1. The lowest BCUT2D eigenvalue weighted by Gasteiger charge is -2.31. The highest BCUT2D eigenvalue weighted by Crippen LogP contribution is 2.18. The van der Waals surface area contributed by atoms with Gasteiger partial charge < -0.3 is 9.64 Å². The molecule has 0 aromatic heterocycles. The molecule has 1 rings (SSSR count). The number of methoxy groups -OCH3 is 1. The summed E-state index contributed by atoms with van der Waals surface area (Å²) in [4.78, 5) is 13.5. The first-order chi connectivity index (χ1) is 7.17. The number of carbonyl (C=O) groups excluding carboxylic acids is 1. The molecule has 1 aliphatic rings. The summed E-state index contributed by atoms with van der Waals surface area (Å²) < 4.78 is 4.72. The standard InChI is InChI=1S/C11H18N2O2/c1-9(7-12)8-13-5-3-10(4-6-13)11(14)15-2/h9-10H,3-6,8H2,1-2H3/t9-/m0/s1.